The second kappa shape index (κ2) is 11.6. The van der Waals surface area contributed by atoms with Crippen LogP contribution in [-0.2, 0) is 38.1 Å². The molecule has 1 aliphatic rings. The van der Waals surface area contributed by atoms with Crippen LogP contribution in [0.2, 0.25) is 0 Å². The van der Waals surface area contributed by atoms with Gasteiger partial charge in [-0.3, -0.25) is 19.8 Å². The molecule has 2 N–H and O–H groups in total. The number of alkyl halides is 3. The van der Waals surface area contributed by atoms with Gasteiger partial charge in [0.05, 0.1) is 22.9 Å². The number of hydrogen-bond acceptors (Lipinski definition) is 10. The van der Waals surface area contributed by atoms with Gasteiger partial charge in [-0.2, -0.15) is 0 Å². The number of halogens is 3. The highest BCUT2D eigenvalue weighted by atomic mass is 35.6. The van der Waals surface area contributed by atoms with E-state index in [1.807, 2.05) is 0 Å². The third-order valence-electron chi connectivity index (χ3n) is 4.83. The van der Waals surface area contributed by atoms with Crippen molar-refractivity contribution >= 4 is 58.6 Å². The standard InChI is InChI=1S/C23H36Cl3NO9/c1-20(2,3)17(29)33-12-11(10-28)32-15(36-16(27)23(24,25)26)14(35-19(31)22(7,8)9)13(12)34-18(30)21(4,5)6/h11-15,27-28H,10H2,1-9H3/t11-,12-,13+,14-,15?/m1/s1. The lowest BCUT2D eigenvalue weighted by atomic mass is 9.93. The Hall–Kier alpha value is -1.33. The molecule has 0 aromatic carbocycles. The van der Waals surface area contributed by atoms with E-state index in [4.69, 9.17) is 63.9 Å². The van der Waals surface area contributed by atoms with Crippen LogP contribution in [0.15, 0.2) is 0 Å². The summed E-state index contributed by atoms with van der Waals surface area (Å²) in [5.74, 6) is -3.04. The summed E-state index contributed by atoms with van der Waals surface area (Å²) in [6.45, 7) is 13.6. The van der Waals surface area contributed by atoms with Crippen LogP contribution in [-0.4, -0.2) is 70.0 Å². The van der Waals surface area contributed by atoms with E-state index >= 15 is 0 Å². The van der Waals surface area contributed by atoms with Crippen molar-refractivity contribution in [1.29, 1.82) is 5.41 Å². The Kier molecular flexibility index (Phi) is 10.5. The second-order valence-electron chi connectivity index (χ2n) is 11.5. The van der Waals surface area contributed by atoms with Gasteiger partial charge in [0, 0.05) is 0 Å². The van der Waals surface area contributed by atoms with Gasteiger partial charge in [-0.15, -0.1) is 0 Å². The number of nitrogens with one attached hydrogen (secondary N) is 1. The molecule has 1 unspecified atom stereocenters. The molecule has 208 valence electrons. The van der Waals surface area contributed by atoms with Crippen molar-refractivity contribution in [3.8, 4) is 0 Å². The summed E-state index contributed by atoms with van der Waals surface area (Å²) < 4.78 is 25.8. The maximum atomic E-state index is 12.9. The maximum absolute atomic E-state index is 12.9. The molecule has 36 heavy (non-hydrogen) atoms. The van der Waals surface area contributed by atoms with Crippen LogP contribution in [0.25, 0.3) is 0 Å². The minimum absolute atomic E-state index is 0.694. The van der Waals surface area contributed by atoms with Crippen molar-refractivity contribution in [2.45, 2.75) is 96.8 Å². The first-order valence-corrected chi connectivity index (χ1v) is 12.4. The highest BCUT2D eigenvalue weighted by molar-refractivity contribution is 6.76. The lowest BCUT2D eigenvalue weighted by Gasteiger charge is -2.45. The molecule has 0 aromatic rings. The number of esters is 3. The molecule has 0 spiro atoms. The summed E-state index contributed by atoms with van der Waals surface area (Å²) in [6, 6.07) is 0. The van der Waals surface area contributed by atoms with Crippen LogP contribution in [0.3, 0.4) is 0 Å². The van der Waals surface area contributed by atoms with E-state index in [1.165, 1.54) is 0 Å². The van der Waals surface area contributed by atoms with E-state index in [-0.39, 0.29) is 0 Å². The summed E-state index contributed by atoms with van der Waals surface area (Å²) in [5, 5.41) is 18.0. The van der Waals surface area contributed by atoms with Crippen molar-refractivity contribution in [2.24, 2.45) is 16.2 Å². The average molecular weight is 577 g/mol. The zero-order chi connectivity index (χ0) is 28.4. The van der Waals surface area contributed by atoms with Crippen LogP contribution < -0.4 is 0 Å². The highest BCUT2D eigenvalue weighted by Gasteiger charge is 2.55. The lowest BCUT2D eigenvalue weighted by molar-refractivity contribution is -0.296. The van der Waals surface area contributed by atoms with Crippen molar-refractivity contribution in [3.63, 3.8) is 0 Å². The molecule has 0 amide bonds. The number of aliphatic hydroxyl groups excluding tert-OH is 1. The quantitative estimate of drug-likeness (QED) is 0.164. The summed E-state index contributed by atoms with van der Waals surface area (Å²) in [7, 11) is 0. The zero-order valence-corrected chi connectivity index (χ0v) is 24.2. The minimum Gasteiger partial charge on any atom is -0.455 e. The first-order valence-electron chi connectivity index (χ1n) is 11.2. The summed E-state index contributed by atoms with van der Waals surface area (Å²) >= 11 is 17.2. The van der Waals surface area contributed by atoms with Crippen molar-refractivity contribution in [3.05, 3.63) is 0 Å². The van der Waals surface area contributed by atoms with E-state index < -0.39 is 81.2 Å². The second-order valence-corrected chi connectivity index (χ2v) is 13.8. The first-order chi connectivity index (χ1) is 16.0. The Bertz CT molecular complexity index is 838. The Morgan fingerprint density at radius 3 is 1.42 bits per heavy atom. The van der Waals surface area contributed by atoms with Gasteiger partial charge in [-0.05, 0) is 62.3 Å². The molecule has 0 bridgehead atoms. The fourth-order valence-corrected chi connectivity index (χ4v) is 2.74. The highest BCUT2D eigenvalue weighted by Crippen LogP contribution is 2.36. The van der Waals surface area contributed by atoms with Crippen LogP contribution >= 0.6 is 34.8 Å². The van der Waals surface area contributed by atoms with Gasteiger partial charge in [-0.25, -0.2) is 0 Å². The molecule has 1 saturated heterocycles. The summed E-state index contributed by atoms with van der Waals surface area (Å²) in [5.41, 5.74) is -3.00. The predicted octanol–water partition coefficient (Wildman–Crippen LogP) is 3.94. The number of carbonyl (C=O) groups excluding carboxylic acids is 3. The Balaban J connectivity index is 3.64. The molecule has 0 saturated carbocycles. The number of rotatable bonds is 5. The summed E-state index contributed by atoms with van der Waals surface area (Å²) in [6.07, 6.45) is -7.47. The number of hydrogen-bond donors (Lipinski definition) is 2. The van der Waals surface area contributed by atoms with E-state index in [2.05, 4.69) is 0 Å². The van der Waals surface area contributed by atoms with Gasteiger partial charge >= 0.3 is 17.9 Å². The molecule has 0 aromatic heterocycles. The molecule has 1 rings (SSSR count). The van der Waals surface area contributed by atoms with Crippen LogP contribution in [0, 0.1) is 21.7 Å². The molecule has 10 nitrogen and oxygen atoms in total. The third-order valence-corrected chi connectivity index (χ3v) is 5.34. The number of carbonyl (C=O) groups is 3. The smallest absolute Gasteiger partial charge is 0.311 e. The van der Waals surface area contributed by atoms with Gasteiger partial charge < -0.3 is 28.8 Å². The molecule has 5 atom stereocenters. The van der Waals surface area contributed by atoms with Crippen molar-refractivity contribution in [2.75, 3.05) is 6.61 Å². The topological polar surface area (TPSA) is 141 Å². The van der Waals surface area contributed by atoms with E-state index in [0.29, 0.717) is 0 Å². The van der Waals surface area contributed by atoms with Crippen molar-refractivity contribution in [1.82, 2.24) is 0 Å². The van der Waals surface area contributed by atoms with Gasteiger partial charge in [0.15, 0.2) is 12.2 Å². The molecule has 1 heterocycles. The average Bonchev–Trinajstić information content (AvgIpc) is 2.68. The molecular formula is C23H36Cl3NO9. The minimum atomic E-state index is -2.30. The van der Waals surface area contributed by atoms with E-state index in [1.54, 1.807) is 62.3 Å². The molecular weight excluding hydrogens is 541 g/mol. The Labute approximate surface area is 226 Å². The molecule has 1 fully saturated rings. The summed E-state index contributed by atoms with van der Waals surface area (Å²) in [4.78, 5) is 38.6. The van der Waals surface area contributed by atoms with Gasteiger partial charge in [-0.1, -0.05) is 34.8 Å². The molecule has 1 aliphatic heterocycles. The van der Waals surface area contributed by atoms with Gasteiger partial charge in [0.2, 0.25) is 18.3 Å². The fraction of sp³-hybridized carbons (Fsp3) is 0.826. The van der Waals surface area contributed by atoms with Gasteiger partial charge in [0.25, 0.3) is 3.79 Å². The lowest BCUT2D eigenvalue weighted by Crippen LogP contribution is -2.64. The molecule has 0 radical (unpaired) electrons. The Morgan fingerprint density at radius 1 is 0.722 bits per heavy atom. The monoisotopic (exact) mass is 575 g/mol. The van der Waals surface area contributed by atoms with Crippen molar-refractivity contribution < 1.29 is 43.2 Å². The largest absolute Gasteiger partial charge is 0.455 e. The van der Waals surface area contributed by atoms with E-state index in [0.717, 1.165) is 0 Å². The third kappa shape index (κ3) is 8.90. The molecule has 13 heteroatoms. The molecule has 0 aliphatic carbocycles. The SMILES string of the molecule is CC(C)(C)C(=O)O[C@H]1[C@H](OC(=O)C(C)(C)C)[C@@H](OC(=O)C(C)(C)C)C(OC(=N)C(Cl)(Cl)Cl)O[C@@H]1CO. The number of aliphatic hydroxyl groups is 1. The van der Waals surface area contributed by atoms with Crippen LogP contribution in [0.1, 0.15) is 62.3 Å². The van der Waals surface area contributed by atoms with E-state index in [9.17, 15) is 19.5 Å². The zero-order valence-electron chi connectivity index (χ0n) is 21.9. The number of ether oxygens (including phenoxy) is 5. The van der Waals surface area contributed by atoms with Gasteiger partial charge in [0.1, 0.15) is 6.10 Å². The van der Waals surface area contributed by atoms with Crippen LogP contribution in [0.4, 0.5) is 0 Å². The predicted molar refractivity (Wildman–Crippen MR) is 133 cm³/mol. The maximum Gasteiger partial charge on any atom is 0.311 e. The fourth-order valence-electron chi connectivity index (χ4n) is 2.61. The van der Waals surface area contributed by atoms with Crippen LogP contribution in [0.5, 0.6) is 0 Å². The Morgan fingerprint density at radius 2 is 1.08 bits per heavy atom. The normalized spacial score (nSPS) is 25.5. The first kappa shape index (κ1) is 32.7.